The molecule has 7 nitrogen and oxygen atoms in total. The molecule has 3 N–H and O–H groups in total. The molecular formula is C4H5NaO7P+. The van der Waals surface area contributed by atoms with Gasteiger partial charge in [0.15, 0.2) is 0 Å². The molecule has 9 heteroatoms. The molecule has 0 aromatic heterocycles. The molecule has 0 aliphatic heterocycles. The van der Waals surface area contributed by atoms with Crippen molar-refractivity contribution in [2.75, 3.05) is 0 Å². The van der Waals surface area contributed by atoms with E-state index in [1.165, 1.54) is 0 Å². The average molecular weight is 219 g/mol. The van der Waals surface area contributed by atoms with Crippen LogP contribution in [0.5, 0.6) is 0 Å². The Morgan fingerprint density at radius 2 is 1.69 bits per heavy atom. The van der Waals surface area contributed by atoms with Crippen LogP contribution in [0.25, 0.3) is 0 Å². The van der Waals surface area contributed by atoms with Crippen molar-refractivity contribution in [2.24, 2.45) is 0 Å². The van der Waals surface area contributed by atoms with Crippen molar-refractivity contribution in [3.63, 3.8) is 0 Å². The van der Waals surface area contributed by atoms with E-state index in [0.29, 0.717) is 0 Å². The topological polar surface area (TPSA) is 121 Å². The second-order valence-electron chi connectivity index (χ2n) is 1.62. The van der Waals surface area contributed by atoms with Gasteiger partial charge in [-0.15, -0.1) is 0 Å². The number of hydrogen-bond donors (Lipinski definition) is 3. The maximum Gasteiger partial charge on any atom is 1.00 e. The van der Waals surface area contributed by atoms with E-state index in [0.717, 1.165) is 0 Å². The molecule has 0 spiro atoms. The molecule has 1 unspecified atom stereocenters. The molecule has 0 radical (unpaired) electrons. The Morgan fingerprint density at radius 3 is 1.92 bits per heavy atom. The summed E-state index contributed by atoms with van der Waals surface area (Å²) < 4.78 is 14.1. The molecule has 0 amide bonds. The van der Waals surface area contributed by atoms with Crippen LogP contribution in [0.1, 0.15) is 0 Å². The fourth-order valence-electron chi connectivity index (χ4n) is 0.227. The third-order valence-corrected chi connectivity index (χ3v) is 1.67. The van der Waals surface area contributed by atoms with Gasteiger partial charge in [-0.2, -0.15) is 0 Å². The normalized spacial score (nSPS) is 13.3. The summed E-state index contributed by atoms with van der Waals surface area (Å²) in [7, 11) is -4.94. The van der Waals surface area contributed by atoms with E-state index < -0.39 is 25.0 Å². The van der Waals surface area contributed by atoms with Gasteiger partial charge < -0.3 is 19.6 Å². The van der Waals surface area contributed by atoms with Crippen LogP contribution in [0.3, 0.4) is 0 Å². The van der Waals surface area contributed by atoms with Crippen molar-refractivity contribution >= 4 is 19.3 Å². The van der Waals surface area contributed by atoms with Crippen molar-refractivity contribution in [3.05, 3.63) is 12.3 Å². The average Bonchev–Trinajstić information content (AvgIpc) is 1.85. The van der Waals surface area contributed by atoms with Gasteiger partial charge in [-0.05, 0) is 6.58 Å². The maximum absolute atomic E-state index is 10.4. The molecule has 0 rings (SSSR count). The Kier molecular flexibility index (Phi) is 6.31. The summed E-state index contributed by atoms with van der Waals surface area (Å²) in [6.45, 7) is 2.70. The Bertz CT molecular complexity index is 284. The summed E-state index contributed by atoms with van der Waals surface area (Å²) in [5, 5.41) is 16.1. The molecule has 13 heavy (non-hydrogen) atoms. The van der Waals surface area contributed by atoms with Crippen molar-refractivity contribution in [1.29, 1.82) is 0 Å². The van der Waals surface area contributed by atoms with Crippen molar-refractivity contribution in [1.82, 2.24) is 0 Å². The summed E-state index contributed by atoms with van der Waals surface area (Å²) in [6, 6.07) is 0. The van der Waals surface area contributed by atoms with Crippen molar-refractivity contribution in [2.45, 2.75) is 0 Å². The number of carboxylic acids is 1. The number of hydrogen-bond acceptors (Lipinski definition) is 4. The van der Waals surface area contributed by atoms with Crippen LogP contribution in [0, 0.1) is 0 Å². The van der Waals surface area contributed by atoms with Gasteiger partial charge in [-0.3, -0.25) is 0 Å². The first-order chi connectivity index (χ1) is 5.27. The van der Waals surface area contributed by atoms with Gasteiger partial charge in [0.25, 0.3) is 0 Å². The van der Waals surface area contributed by atoms with Gasteiger partial charge in [0.1, 0.15) is 0 Å². The van der Waals surface area contributed by atoms with Crippen LogP contribution in [0.4, 0.5) is 4.79 Å². The molecule has 1 atom stereocenters. The minimum atomic E-state index is -4.94. The second kappa shape index (κ2) is 5.41. The zero-order valence-electron chi connectivity index (χ0n) is 6.63. The SMILES string of the molecule is C=C(OP(=O)(O)C(=O)O)C(=O)O.[Na+]. The Morgan fingerprint density at radius 1 is 1.31 bits per heavy atom. The van der Waals surface area contributed by atoms with E-state index in [1.807, 2.05) is 0 Å². The molecule has 0 aliphatic carbocycles. The second-order valence-corrected chi connectivity index (χ2v) is 3.23. The fraction of sp³-hybridized carbons (Fsp3) is 0. The smallest absolute Gasteiger partial charge is 0.475 e. The fourth-order valence-corrected chi connectivity index (χ4v) is 0.682. The van der Waals surface area contributed by atoms with Gasteiger partial charge in [-0.25, -0.2) is 14.2 Å². The molecule has 0 bridgehead atoms. The van der Waals surface area contributed by atoms with Crippen molar-refractivity contribution in [3.8, 4) is 0 Å². The first kappa shape index (κ1) is 15.2. The Hall–Kier alpha value is -0.330. The molecule has 0 saturated carbocycles. The van der Waals surface area contributed by atoms with E-state index in [2.05, 4.69) is 11.1 Å². The third kappa shape index (κ3) is 5.07. The third-order valence-electron chi connectivity index (χ3n) is 0.714. The summed E-state index contributed by atoms with van der Waals surface area (Å²) in [5.41, 5.74) is -2.13. The summed E-state index contributed by atoms with van der Waals surface area (Å²) in [4.78, 5) is 28.3. The molecule has 0 fully saturated rings. The van der Waals surface area contributed by atoms with Crippen LogP contribution in [0.2, 0.25) is 0 Å². The summed E-state index contributed by atoms with van der Waals surface area (Å²) >= 11 is 0. The van der Waals surface area contributed by atoms with Gasteiger partial charge in [-0.1, -0.05) is 0 Å². The first-order valence-electron chi connectivity index (χ1n) is 2.45. The monoisotopic (exact) mass is 219 g/mol. The Labute approximate surface area is 94.8 Å². The molecule has 0 heterocycles. The number of aliphatic carboxylic acids is 1. The molecule has 0 aromatic carbocycles. The molecule has 68 valence electrons. The van der Waals surface area contributed by atoms with Crippen LogP contribution in [-0.2, 0) is 13.9 Å². The van der Waals surface area contributed by atoms with E-state index in [1.54, 1.807) is 0 Å². The predicted octanol–water partition coefficient (Wildman–Crippen LogP) is -2.53. The van der Waals surface area contributed by atoms with E-state index in [9.17, 15) is 14.2 Å². The molecule has 0 aliphatic rings. The minimum Gasteiger partial charge on any atom is -0.475 e. The van der Waals surface area contributed by atoms with E-state index in [4.69, 9.17) is 15.1 Å². The van der Waals surface area contributed by atoms with Gasteiger partial charge in [0, 0.05) is 0 Å². The van der Waals surface area contributed by atoms with Gasteiger partial charge >= 0.3 is 48.8 Å². The van der Waals surface area contributed by atoms with Gasteiger partial charge in [0.05, 0.1) is 0 Å². The van der Waals surface area contributed by atoms with Crippen LogP contribution in [-0.4, -0.2) is 26.8 Å². The maximum atomic E-state index is 10.4. The van der Waals surface area contributed by atoms with Crippen LogP contribution in [0.15, 0.2) is 12.3 Å². The number of carbonyl (C=O) groups is 2. The van der Waals surface area contributed by atoms with Crippen LogP contribution < -0.4 is 29.6 Å². The van der Waals surface area contributed by atoms with Gasteiger partial charge in [0.2, 0.25) is 5.76 Å². The molecule has 0 aromatic rings. The minimum absolute atomic E-state index is 0. The Balaban J connectivity index is 0. The summed E-state index contributed by atoms with van der Waals surface area (Å²) in [5.74, 6) is -2.80. The standard InChI is InChI=1S/C4H5O7P.Na/c1-2(3(5)6)11-12(9,10)4(7)8;/h1H2,(H,5,6)(H,7,8)(H,9,10);/q;+1. The number of carboxylic acid groups (broad SMARTS) is 2. The zero-order chi connectivity index (χ0) is 9.94. The zero-order valence-corrected chi connectivity index (χ0v) is 9.52. The van der Waals surface area contributed by atoms with E-state index in [-0.39, 0.29) is 29.6 Å². The first-order valence-corrected chi connectivity index (χ1v) is 4.03. The summed E-state index contributed by atoms with van der Waals surface area (Å²) in [6.07, 6.45) is 0. The van der Waals surface area contributed by atoms with E-state index >= 15 is 0 Å². The van der Waals surface area contributed by atoms with Crippen LogP contribution >= 0.6 is 7.60 Å². The molecule has 0 saturated heterocycles. The quantitative estimate of drug-likeness (QED) is 0.206. The number of rotatable bonds is 4. The molecular weight excluding hydrogens is 214 g/mol. The predicted molar refractivity (Wildman–Crippen MR) is 35.7 cm³/mol. The largest absolute Gasteiger partial charge is 1.00 e. The van der Waals surface area contributed by atoms with Crippen molar-refractivity contribution < 1.29 is 63.3 Å².